The topological polar surface area (TPSA) is 29.1 Å². The van der Waals surface area contributed by atoms with Gasteiger partial charge < -0.3 is 5.32 Å². The van der Waals surface area contributed by atoms with Gasteiger partial charge in [-0.25, -0.2) is 0 Å². The van der Waals surface area contributed by atoms with Gasteiger partial charge in [0.05, 0.1) is 5.57 Å². The largest absolute Gasteiger partial charge is 0.322 e. The summed E-state index contributed by atoms with van der Waals surface area (Å²) in [5, 5.41) is 2.95. The van der Waals surface area contributed by atoms with Gasteiger partial charge in [0, 0.05) is 10.6 Å². The number of nitrogens with one attached hydrogen (secondary N) is 1. The van der Waals surface area contributed by atoms with Crippen molar-refractivity contribution >= 4 is 34.7 Å². The normalized spacial score (nSPS) is 11.5. The summed E-state index contributed by atoms with van der Waals surface area (Å²) < 4.78 is 0. The predicted molar refractivity (Wildman–Crippen MR) is 104 cm³/mol. The lowest BCUT2D eigenvalue weighted by molar-refractivity contribution is -0.111. The van der Waals surface area contributed by atoms with Crippen molar-refractivity contribution in [3.05, 3.63) is 102 Å². The summed E-state index contributed by atoms with van der Waals surface area (Å²) in [7, 11) is 0. The Morgan fingerprint density at radius 1 is 0.667 bits per heavy atom. The number of carbonyl (C=O) groups excluding carboxylic acids is 1. The summed E-state index contributed by atoms with van der Waals surface area (Å²) in [6, 6.07) is 28.7. The van der Waals surface area contributed by atoms with Crippen molar-refractivity contribution in [1.29, 1.82) is 0 Å². The zero-order chi connectivity index (χ0) is 16.8. The lowest BCUT2D eigenvalue weighted by atomic mass is 10.0. The Balaban J connectivity index is 2.04. The minimum absolute atomic E-state index is 0.179. The van der Waals surface area contributed by atoms with Crippen LogP contribution < -0.4 is 5.32 Å². The second kappa shape index (κ2) is 7.66. The number of benzene rings is 3. The second-order valence-corrected chi connectivity index (χ2v) is 5.72. The molecule has 1 amide bonds. The predicted octanol–water partition coefficient (Wildman–Crippen LogP) is 5.12. The van der Waals surface area contributed by atoms with Crippen LogP contribution >= 0.6 is 12.6 Å². The van der Waals surface area contributed by atoms with Crippen molar-refractivity contribution in [3.8, 4) is 0 Å². The molecule has 0 aliphatic heterocycles. The molecule has 0 fully saturated rings. The highest BCUT2D eigenvalue weighted by atomic mass is 32.1. The fourth-order valence-corrected chi connectivity index (χ4v) is 2.82. The number of anilines is 1. The Morgan fingerprint density at radius 3 is 1.67 bits per heavy atom. The Labute approximate surface area is 147 Å². The molecule has 3 aromatic carbocycles. The molecular formula is C21H17NOS. The maximum Gasteiger partial charge on any atom is 0.257 e. The van der Waals surface area contributed by atoms with E-state index in [0.29, 0.717) is 10.5 Å². The zero-order valence-electron chi connectivity index (χ0n) is 13.0. The molecule has 118 valence electrons. The van der Waals surface area contributed by atoms with E-state index in [4.69, 9.17) is 0 Å². The van der Waals surface area contributed by atoms with Gasteiger partial charge in [-0.05, 0) is 23.3 Å². The highest BCUT2D eigenvalue weighted by Gasteiger charge is 2.17. The summed E-state index contributed by atoms with van der Waals surface area (Å²) in [5.74, 6) is -0.179. The van der Waals surface area contributed by atoms with Gasteiger partial charge in [-0.1, -0.05) is 78.9 Å². The molecule has 3 heteroatoms. The average molecular weight is 331 g/mol. The maximum absolute atomic E-state index is 12.9. The molecule has 3 aromatic rings. The smallest absolute Gasteiger partial charge is 0.257 e. The van der Waals surface area contributed by atoms with Crippen LogP contribution in [0.25, 0.3) is 10.5 Å². The Bertz CT molecular complexity index is 843. The van der Waals surface area contributed by atoms with Crippen LogP contribution in [0.5, 0.6) is 0 Å². The number of rotatable bonds is 4. The van der Waals surface area contributed by atoms with Crippen molar-refractivity contribution in [2.24, 2.45) is 0 Å². The van der Waals surface area contributed by atoms with Gasteiger partial charge in [0.15, 0.2) is 0 Å². The first-order valence-electron chi connectivity index (χ1n) is 7.66. The molecule has 0 spiro atoms. The number of amides is 1. The SMILES string of the molecule is O=C(Nc1ccccc1)/C(=C(/S)c1ccccc1)c1ccccc1. The molecule has 2 nitrogen and oxygen atoms in total. The van der Waals surface area contributed by atoms with Crippen LogP contribution in [-0.2, 0) is 4.79 Å². The van der Waals surface area contributed by atoms with Crippen LogP contribution in [0.15, 0.2) is 91.0 Å². The fourth-order valence-electron chi connectivity index (χ4n) is 2.44. The van der Waals surface area contributed by atoms with Gasteiger partial charge in [-0.15, -0.1) is 12.6 Å². The first-order chi connectivity index (χ1) is 11.8. The van der Waals surface area contributed by atoms with Crippen molar-refractivity contribution < 1.29 is 4.79 Å². The molecule has 24 heavy (non-hydrogen) atoms. The van der Waals surface area contributed by atoms with Crippen LogP contribution in [0.1, 0.15) is 11.1 Å². The monoisotopic (exact) mass is 331 g/mol. The Kier molecular flexibility index (Phi) is 5.14. The standard InChI is InChI=1S/C21H17NOS/c23-21(22-18-14-8-3-9-15-18)19(16-10-4-1-5-11-16)20(24)17-12-6-2-7-13-17/h1-15,24H,(H,22,23)/b20-19+. The first kappa shape index (κ1) is 16.1. The molecule has 3 rings (SSSR count). The van der Waals surface area contributed by atoms with Gasteiger partial charge in [-0.3, -0.25) is 4.79 Å². The van der Waals surface area contributed by atoms with Gasteiger partial charge in [0.2, 0.25) is 0 Å². The molecule has 0 radical (unpaired) electrons. The summed E-state index contributed by atoms with van der Waals surface area (Å²) in [6.45, 7) is 0. The van der Waals surface area contributed by atoms with E-state index in [0.717, 1.165) is 16.8 Å². The van der Waals surface area contributed by atoms with Crippen molar-refractivity contribution in [3.63, 3.8) is 0 Å². The molecule has 0 aromatic heterocycles. The average Bonchev–Trinajstić information content (AvgIpc) is 2.64. The molecule has 0 aliphatic carbocycles. The van der Waals surface area contributed by atoms with Gasteiger partial charge in [0.1, 0.15) is 0 Å². The van der Waals surface area contributed by atoms with E-state index in [9.17, 15) is 4.79 Å². The van der Waals surface area contributed by atoms with E-state index >= 15 is 0 Å². The van der Waals surface area contributed by atoms with Gasteiger partial charge in [0.25, 0.3) is 5.91 Å². The highest BCUT2D eigenvalue weighted by molar-refractivity contribution is 7.91. The van der Waals surface area contributed by atoms with Crippen LogP contribution in [0.2, 0.25) is 0 Å². The molecule has 0 heterocycles. The van der Waals surface area contributed by atoms with Gasteiger partial charge in [-0.2, -0.15) is 0 Å². The highest BCUT2D eigenvalue weighted by Crippen LogP contribution is 2.30. The minimum atomic E-state index is -0.179. The summed E-state index contributed by atoms with van der Waals surface area (Å²) >= 11 is 4.65. The summed E-state index contributed by atoms with van der Waals surface area (Å²) in [6.07, 6.45) is 0. The number of para-hydroxylation sites is 1. The molecule has 0 saturated carbocycles. The second-order valence-electron chi connectivity index (χ2n) is 5.28. The van der Waals surface area contributed by atoms with Crippen LogP contribution in [0, 0.1) is 0 Å². The third kappa shape index (κ3) is 3.76. The van der Waals surface area contributed by atoms with E-state index < -0.39 is 0 Å². The van der Waals surface area contributed by atoms with Crippen LogP contribution in [0.4, 0.5) is 5.69 Å². The third-order valence-corrected chi connectivity index (χ3v) is 4.09. The number of hydrogen-bond acceptors (Lipinski definition) is 2. The van der Waals surface area contributed by atoms with Crippen LogP contribution in [0.3, 0.4) is 0 Å². The number of hydrogen-bond donors (Lipinski definition) is 2. The molecule has 0 saturated heterocycles. The quantitative estimate of drug-likeness (QED) is 0.388. The molecular weight excluding hydrogens is 314 g/mol. The lowest BCUT2D eigenvalue weighted by Gasteiger charge is -2.13. The lowest BCUT2D eigenvalue weighted by Crippen LogP contribution is -2.14. The number of carbonyl (C=O) groups is 1. The Hall–Kier alpha value is -2.78. The fraction of sp³-hybridized carbons (Fsp3) is 0. The summed E-state index contributed by atoms with van der Waals surface area (Å²) in [4.78, 5) is 13.6. The maximum atomic E-state index is 12.9. The first-order valence-corrected chi connectivity index (χ1v) is 8.11. The number of thiol groups is 1. The minimum Gasteiger partial charge on any atom is -0.322 e. The van der Waals surface area contributed by atoms with Crippen LogP contribution in [-0.4, -0.2) is 5.91 Å². The summed E-state index contributed by atoms with van der Waals surface area (Å²) in [5.41, 5.74) is 3.04. The van der Waals surface area contributed by atoms with Crippen molar-refractivity contribution in [1.82, 2.24) is 0 Å². The molecule has 0 atom stereocenters. The van der Waals surface area contributed by atoms with E-state index in [-0.39, 0.29) is 5.91 Å². The van der Waals surface area contributed by atoms with Crippen molar-refractivity contribution in [2.45, 2.75) is 0 Å². The van der Waals surface area contributed by atoms with E-state index in [1.807, 2.05) is 91.0 Å². The van der Waals surface area contributed by atoms with Gasteiger partial charge >= 0.3 is 0 Å². The molecule has 0 bridgehead atoms. The third-order valence-electron chi connectivity index (χ3n) is 3.61. The Morgan fingerprint density at radius 2 is 1.12 bits per heavy atom. The van der Waals surface area contributed by atoms with E-state index in [2.05, 4.69) is 17.9 Å². The van der Waals surface area contributed by atoms with Crippen molar-refractivity contribution in [2.75, 3.05) is 5.32 Å². The zero-order valence-corrected chi connectivity index (χ0v) is 13.9. The van der Waals surface area contributed by atoms with E-state index in [1.54, 1.807) is 0 Å². The molecule has 1 N–H and O–H groups in total. The van der Waals surface area contributed by atoms with E-state index in [1.165, 1.54) is 0 Å². The molecule has 0 aliphatic rings. The molecule has 0 unspecified atom stereocenters.